The van der Waals surface area contributed by atoms with E-state index in [-0.39, 0.29) is 31.1 Å². The lowest BCUT2D eigenvalue weighted by molar-refractivity contribution is -0.167. The van der Waals surface area contributed by atoms with Gasteiger partial charge in [-0.15, -0.1) is 0 Å². The minimum Gasteiger partial charge on any atom is -0.462 e. The Hall–Kier alpha value is -1.59. The van der Waals surface area contributed by atoms with Gasteiger partial charge in [0.05, 0.1) is 0 Å². The summed E-state index contributed by atoms with van der Waals surface area (Å²) in [6.07, 6.45) is 36.6. The van der Waals surface area contributed by atoms with Crippen LogP contribution in [0.5, 0.6) is 0 Å². The third kappa shape index (κ3) is 40.1. The molecule has 1 unspecified atom stereocenters. The summed E-state index contributed by atoms with van der Waals surface area (Å²) in [4.78, 5) is 37.7. The highest BCUT2D eigenvalue weighted by Gasteiger charge is 2.19. The van der Waals surface area contributed by atoms with Gasteiger partial charge in [0.1, 0.15) is 13.2 Å². The number of carbonyl (C=O) groups is 3. The lowest BCUT2D eigenvalue weighted by Crippen LogP contribution is -2.30. The number of hydrogen-bond acceptors (Lipinski definition) is 6. The maximum absolute atomic E-state index is 12.7. The van der Waals surface area contributed by atoms with Gasteiger partial charge in [-0.05, 0) is 37.0 Å². The normalized spacial score (nSPS) is 12.7. The first kappa shape index (κ1) is 52.4. The van der Waals surface area contributed by atoms with Crippen molar-refractivity contribution in [2.45, 2.75) is 260 Å². The molecule has 0 saturated carbocycles. The number of hydrogen-bond donors (Lipinski definition) is 0. The van der Waals surface area contributed by atoms with E-state index in [4.69, 9.17) is 14.2 Å². The molecule has 6 nitrogen and oxygen atoms in total. The monoisotopic (exact) mass is 765 g/mol. The molecule has 0 radical (unpaired) electrons. The van der Waals surface area contributed by atoms with Gasteiger partial charge in [-0.3, -0.25) is 14.4 Å². The van der Waals surface area contributed by atoms with Crippen LogP contribution >= 0.6 is 0 Å². The van der Waals surface area contributed by atoms with Gasteiger partial charge in [-0.2, -0.15) is 0 Å². The predicted molar refractivity (Wildman–Crippen MR) is 229 cm³/mol. The highest BCUT2D eigenvalue weighted by molar-refractivity contribution is 5.71. The molecule has 54 heavy (non-hydrogen) atoms. The van der Waals surface area contributed by atoms with Gasteiger partial charge in [0.15, 0.2) is 6.10 Å². The molecule has 0 aliphatic rings. The summed E-state index contributed by atoms with van der Waals surface area (Å²) in [6.45, 7) is 13.6. The SMILES string of the molecule is CCC(C)CCCCCCCCCCCCC(=O)OC[C@H](COC(=O)CCCCCCCCCCCC(C)C)OC(=O)CCCCCCCCCC(C)C. The zero-order chi connectivity index (χ0) is 39.9. The summed E-state index contributed by atoms with van der Waals surface area (Å²) < 4.78 is 16.7. The van der Waals surface area contributed by atoms with Crippen molar-refractivity contribution < 1.29 is 28.6 Å². The van der Waals surface area contributed by atoms with Gasteiger partial charge >= 0.3 is 17.9 Å². The second kappa shape index (κ2) is 39.6. The van der Waals surface area contributed by atoms with Crippen LogP contribution in [0.15, 0.2) is 0 Å². The fourth-order valence-electron chi connectivity index (χ4n) is 7.02. The van der Waals surface area contributed by atoms with Crippen molar-refractivity contribution in [1.82, 2.24) is 0 Å². The average Bonchev–Trinajstić information content (AvgIpc) is 3.14. The Morgan fingerprint density at radius 1 is 0.370 bits per heavy atom. The van der Waals surface area contributed by atoms with E-state index in [0.717, 1.165) is 75.5 Å². The van der Waals surface area contributed by atoms with Crippen molar-refractivity contribution >= 4 is 17.9 Å². The topological polar surface area (TPSA) is 78.9 Å². The van der Waals surface area contributed by atoms with Crippen LogP contribution in [-0.2, 0) is 28.6 Å². The summed E-state index contributed by atoms with van der Waals surface area (Å²) in [7, 11) is 0. The average molecular weight is 765 g/mol. The summed E-state index contributed by atoms with van der Waals surface area (Å²) in [5.74, 6) is 1.59. The highest BCUT2D eigenvalue weighted by Crippen LogP contribution is 2.17. The van der Waals surface area contributed by atoms with Crippen molar-refractivity contribution in [3.05, 3.63) is 0 Å². The smallest absolute Gasteiger partial charge is 0.306 e. The molecule has 0 aliphatic heterocycles. The predicted octanol–water partition coefficient (Wildman–Crippen LogP) is 14.8. The molecule has 0 saturated heterocycles. The first-order valence-electron chi connectivity index (χ1n) is 23.6. The zero-order valence-electron chi connectivity index (χ0n) is 37.0. The van der Waals surface area contributed by atoms with Crippen LogP contribution in [0.25, 0.3) is 0 Å². The van der Waals surface area contributed by atoms with E-state index in [2.05, 4.69) is 41.5 Å². The fraction of sp³-hybridized carbons (Fsp3) is 0.938. The van der Waals surface area contributed by atoms with Crippen molar-refractivity contribution in [1.29, 1.82) is 0 Å². The van der Waals surface area contributed by atoms with E-state index in [0.29, 0.717) is 19.3 Å². The summed E-state index contributed by atoms with van der Waals surface area (Å²) >= 11 is 0. The van der Waals surface area contributed by atoms with Crippen molar-refractivity contribution in [2.75, 3.05) is 13.2 Å². The highest BCUT2D eigenvalue weighted by atomic mass is 16.6. The molecule has 0 bridgehead atoms. The van der Waals surface area contributed by atoms with Crippen LogP contribution in [0.4, 0.5) is 0 Å². The molecule has 0 fully saturated rings. The molecule has 0 N–H and O–H groups in total. The van der Waals surface area contributed by atoms with Crippen molar-refractivity contribution in [3.63, 3.8) is 0 Å². The minimum absolute atomic E-state index is 0.0664. The summed E-state index contributed by atoms with van der Waals surface area (Å²) in [5.41, 5.74) is 0. The first-order valence-corrected chi connectivity index (χ1v) is 23.6. The number of rotatable bonds is 41. The molecule has 320 valence electrons. The molecule has 0 aromatic carbocycles. The van der Waals surface area contributed by atoms with Crippen LogP contribution in [0.1, 0.15) is 253 Å². The maximum Gasteiger partial charge on any atom is 0.306 e. The minimum atomic E-state index is -0.762. The Labute approximate surface area is 336 Å². The molecule has 0 aromatic heterocycles. The van der Waals surface area contributed by atoms with E-state index in [1.807, 2.05) is 0 Å². The molecule has 6 heteroatoms. The molecule has 0 spiro atoms. The third-order valence-corrected chi connectivity index (χ3v) is 11.0. The molecular weight excluding hydrogens is 673 g/mol. The van der Waals surface area contributed by atoms with E-state index in [1.54, 1.807) is 0 Å². The molecule has 0 heterocycles. The fourth-order valence-corrected chi connectivity index (χ4v) is 7.02. The number of esters is 3. The van der Waals surface area contributed by atoms with Gasteiger partial charge in [-0.25, -0.2) is 0 Å². The lowest BCUT2D eigenvalue weighted by Gasteiger charge is -2.18. The molecule has 0 aromatic rings. The molecule has 2 atom stereocenters. The van der Waals surface area contributed by atoms with Gasteiger partial charge in [-0.1, -0.05) is 215 Å². The van der Waals surface area contributed by atoms with Gasteiger partial charge in [0.25, 0.3) is 0 Å². The Morgan fingerprint density at radius 2 is 0.648 bits per heavy atom. The largest absolute Gasteiger partial charge is 0.462 e. The zero-order valence-corrected chi connectivity index (χ0v) is 37.0. The lowest BCUT2D eigenvalue weighted by atomic mass is 9.99. The Balaban J connectivity index is 4.33. The Morgan fingerprint density at radius 3 is 0.963 bits per heavy atom. The van der Waals surface area contributed by atoms with Crippen LogP contribution in [0.2, 0.25) is 0 Å². The standard InChI is InChI=1S/C48H92O6/c1-7-44(6)36-30-24-18-12-8-9-13-19-25-31-37-46(49)52-40-45(54-48(51)39-33-27-21-15-17-23-29-35-43(4)5)41-53-47(50)38-32-26-20-14-10-11-16-22-28-34-42(2)3/h42-45H,7-41H2,1-6H3/t44?,45-/m1/s1. The third-order valence-electron chi connectivity index (χ3n) is 11.0. The number of unbranched alkanes of at least 4 members (excludes halogenated alkanes) is 23. The Bertz CT molecular complexity index is 839. The van der Waals surface area contributed by atoms with Crippen LogP contribution in [0, 0.1) is 17.8 Å². The Kier molecular flexibility index (Phi) is 38.5. The second-order valence-electron chi connectivity index (χ2n) is 17.6. The number of carbonyl (C=O) groups excluding carboxylic acids is 3. The van der Waals surface area contributed by atoms with Crippen molar-refractivity contribution in [2.24, 2.45) is 17.8 Å². The quantitative estimate of drug-likeness (QED) is 0.0350. The van der Waals surface area contributed by atoms with Crippen LogP contribution < -0.4 is 0 Å². The maximum atomic E-state index is 12.7. The second-order valence-corrected chi connectivity index (χ2v) is 17.6. The van der Waals surface area contributed by atoms with Crippen LogP contribution in [0.3, 0.4) is 0 Å². The van der Waals surface area contributed by atoms with Gasteiger partial charge in [0, 0.05) is 19.3 Å². The summed E-state index contributed by atoms with van der Waals surface area (Å²) in [5, 5.41) is 0. The molecule has 0 aliphatic carbocycles. The van der Waals surface area contributed by atoms with Crippen LogP contribution in [-0.4, -0.2) is 37.2 Å². The first-order chi connectivity index (χ1) is 26.1. The molecular formula is C48H92O6. The van der Waals surface area contributed by atoms with Gasteiger partial charge in [0.2, 0.25) is 0 Å². The van der Waals surface area contributed by atoms with E-state index >= 15 is 0 Å². The van der Waals surface area contributed by atoms with E-state index in [1.165, 1.54) is 135 Å². The van der Waals surface area contributed by atoms with E-state index < -0.39 is 6.10 Å². The number of ether oxygens (including phenoxy) is 3. The molecule has 0 rings (SSSR count). The van der Waals surface area contributed by atoms with Gasteiger partial charge < -0.3 is 14.2 Å². The summed E-state index contributed by atoms with van der Waals surface area (Å²) in [6, 6.07) is 0. The van der Waals surface area contributed by atoms with E-state index in [9.17, 15) is 14.4 Å². The molecule has 0 amide bonds. The van der Waals surface area contributed by atoms with Crippen molar-refractivity contribution in [3.8, 4) is 0 Å².